The summed E-state index contributed by atoms with van der Waals surface area (Å²) in [5.74, 6) is -0.359. The van der Waals surface area contributed by atoms with Gasteiger partial charge in [0.1, 0.15) is 6.61 Å². The van der Waals surface area contributed by atoms with Gasteiger partial charge in [-0.1, -0.05) is 0 Å². The number of carbonyl (C=O) groups excluding carboxylic acids is 1. The molecule has 0 amide bonds. The van der Waals surface area contributed by atoms with E-state index in [-0.39, 0.29) is 5.97 Å². The molecule has 5 heteroatoms. The molecular formula is C11H20O5. The number of esters is 1. The minimum atomic E-state index is -0.359. The quantitative estimate of drug-likeness (QED) is 0.258. The van der Waals surface area contributed by atoms with Crippen LogP contribution < -0.4 is 0 Å². The molecule has 0 aromatic rings. The number of methoxy groups -OCH3 is 1. The van der Waals surface area contributed by atoms with Crippen LogP contribution in [0.3, 0.4) is 0 Å². The van der Waals surface area contributed by atoms with Gasteiger partial charge in [0.2, 0.25) is 0 Å². The number of hydrogen-bond donors (Lipinski definition) is 0. The molecule has 0 aliphatic heterocycles. The van der Waals surface area contributed by atoms with E-state index < -0.39 is 0 Å². The molecule has 0 unspecified atom stereocenters. The lowest BCUT2D eigenvalue weighted by atomic mass is 10.3. The molecular weight excluding hydrogens is 212 g/mol. The SMILES string of the molecule is CCOC(=O)C(C)=COCCOCCOC. The maximum absolute atomic E-state index is 11.1. The number of carbonyl (C=O) groups is 1. The fraction of sp³-hybridized carbons (Fsp3) is 0.727. The Hall–Kier alpha value is -1.07. The molecule has 5 nitrogen and oxygen atoms in total. The molecule has 0 rings (SSSR count). The van der Waals surface area contributed by atoms with E-state index in [1.165, 1.54) is 6.26 Å². The molecule has 0 fully saturated rings. The molecule has 0 bridgehead atoms. The maximum Gasteiger partial charge on any atom is 0.336 e. The molecule has 0 N–H and O–H groups in total. The van der Waals surface area contributed by atoms with E-state index in [0.29, 0.717) is 38.6 Å². The van der Waals surface area contributed by atoms with Crippen LogP contribution in [0.5, 0.6) is 0 Å². The van der Waals surface area contributed by atoms with Crippen molar-refractivity contribution in [1.82, 2.24) is 0 Å². The van der Waals surface area contributed by atoms with Gasteiger partial charge in [-0.05, 0) is 13.8 Å². The summed E-state index contributed by atoms with van der Waals surface area (Å²) in [5, 5.41) is 0. The summed E-state index contributed by atoms with van der Waals surface area (Å²) >= 11 is 0. The number of rotatable bonds is 9. The van der Waals surface area contributed by atoms with Gasteiger partial charge in [-0.2, -0.15) is 0 Å². The predicted octanol–water partition coefficient (Wildman–Crippen LogP) is 1.13. The monoisotopic (exact) mass is 232 g/mol. The van der Waals surface area contributed by atoms with Crippen LogP contribution >= 0.6 is 0 Å². The van der Waals surface area contributed by atoms with Gasteiger partial charge in [-0.3, -0.25) is 0 Å². The molecule has 16 heavy (non-hydrogen) atoms. The molecule has 0 heterocycles. The molecule has 0 aromatic carbocycles. The van der Waals surface area contributed by atoms with Crippen molar-refractivity contribution in [2.24, 2.45) is 0 Å². The second-order valence-electron chi connectivity index (χ2n) is 3.00. The summed E-state index contributed by atoms with van der Waals surface area (Å²) in [6.07, 6.45) is 1.39. The average molecular weight is 232 g/mol. The molecule has 0 atom stereocenters. The Balaban J connectivity index is 3.47. The molecule has 0 saturated carbocycles. The lowest BCUT2D eigenvalue weighted by Gasteiger charge is -2.04. The normalized spacial score (nSPS) is 11.3. The second-order valence-corrected chi connectivity index (χ2v) is 3.00. The fourth-order valence-electron chi connectivity index (χ4n) is 0.828. The highest BCUT2D eigenvalue weighted by Gasteiger charge is 2.03. The summed E-state index contributed by atoms with van der Waals surface area (Å²) in [5.41, 5.74) is 0.443. The van der Waals surface area contributed by atoms with Crippen molar-refractivity contribution in [3.8, 4) is 0 Å². The topological polar surface area (TPSA) is 54.0 Å². The first-order valence-corrected chi connectivity index (χ1v) is 5.24. The first kappa shape index (κ1) is 14.9. The van der Waals surface area contributed by atoms with E-state index in [4.69, 9.17) is 18.9 Å². The molecule has 0 saturated heterocycles. The van der Waals surface area contributed by atoms with E-state index in [1.54, 1.807) is 21.0 Å². The minimum absolute atomic E-state index is 0.359. The van der Waals surface area contributed by atoms with Gasteiger partial charge in [-0.25, -0.2) is 4.79 Å². The molecule has 0 spiro atoms. The van der Waals surface area contributed by atoms with Crippen LogP contribution in [0.1, 0.15) is 13.8 Å². The van der Waals surface area contributed by atoms with Gasteiger partial charge in [0.25, 0.3) is 0 Å². The van der Waals surface area contributed by atoms with Crippen molar-refractivity contribution in [3.63, 3.8) is 0 Å². The number of hydrogen-bond acceptors (Lipinski definition) is 5. The molecule has 94 valence electrons. The Morgan fingerprint density at radius 1 is 1.19 bits per heavy atom. The van der Waals surface area contributed by atoms with E-state index in [1.807, 2.05) is 0 Å². The van der Waals surface area contributed by atoms with Crippen LogP contribution in [0.25, 0.3) is 0 Å². The van der Waals surface area contributed by atoms with Gasteiger partial charge < -0.3 is 18.9 Å². The van der Waals surface area contributed by atoms with Crippen molar-refractivity contribution in [3.05, 3.63) is 11.8 Å². The lowest BCUT2D eigenvalue weighted by Crippen LogP contribution is -2.08. The first-order valence-electron chi connectivity index (χ1n) is 5.24. The average Bonchev–Trinajstić information content (AvgIpc) is 2.28. The van der Waals surface area contributed by atoms with Crippen molar-refractivity contribution in [2.75, 3.05) is 40.1 Å². The number of ether oxygens (including phenoxy) is 4. The Kier molecular flexibility index (Phi) is 9.75. The summed E-state index contributed by atoms with van der Waals surface area (Å²) < 4.78 is 19.9. The zero-order chi connectivity index (χ0) is 12.2. The zero-order valence-corrected chi connectivity index (χ0v) is 10.2. The smallest absolute Gasteiger partial charge is 0.336 e. The van der Waals surface area contributed by atoms with E-state index in [9.17, 15) is 4.79 Å². The summed E-state index contributed by atoms with van der Waals surface area (Å²) in [6.45, 7) is 5.75. The van der Waals surface area contributed by atoms with Gasteiger partial charge in [0.05, 0.1) is 38.3 Å². The van der Waals surface area contributed by atoms with Crippen molar-refractivity contribution < 1.29 is 23.7 Å². The molecule has 0 aliphatic rings. The summed E-state index contributed by atoms with van der Waals surface area (Å²) in [4.78, 5) is 11.1. The Morgan fingerprint density at radius 3 is 2.50 bits per heavy atom. The fourth-order valence-corrected chi connectivity index (χ4v) is 0.828. The summed E-state index contributed by atoms with van der Waals surface area (Å²) in [6, 6.07) is 0. The summed E-state index contributed by atoms with van der Waals surface area (Å²) in [7, 11) is 1.62. The van der Waals surface area contributed by atoms with Crippen molar-refractivity contribution in [2.45, 2.75) is 13.8 Å². The Labute approximate surface area is 96.3 Å². The van der Waals surface area contributed by atoms with Crippen LogP contribution in [0, 0.1) is 0 Å². The van der Waals surface area contributed by atoms with E-state index >= 15 is 0 Å². The van der Waals surface area contributed by atoms with Gasteiger partial charge >= 0.3 is 5.97 Å². The predicted molar refractivity (Wildman–Crippen MR) is 59.0 cm³/mol. The van der Waals surface area contributed by atoms with Gasteiger partial charge in [0.15, 0.2) is 0 Å². The third-order valence-corrected chi connectivity index (χ3v) is 1.63. The molecule has 0 aromatic heterocycles. The van der Waals surface area contributed by atoms with Crippen LogP contribution in [0.2, 0.25) is 0 Å². The van der Waals surface area contributed by atoms with Crippen LogP contribution in [0.15, 0.2) is 11.8 Å². The third-order valence-electron chi connectivity index (χ3n) is 1.63. The van der Waals surface area contributed by atoms with Crippen LogP contribution in [-0.2, 0) is 23.7 Å². The second kappa shape index (κ2) is 10.4. The highest BCUT2D eigenvalue weighted by molar-refractivity contribution is 5.87. The Morgan fingerprint density at radius 2 is 1.88 bits per heavy atom. The van der Waals surface area contributed by atoms with Gasteiger partial charge in [-0.15, -0.1) is 0 Å². The third kappa shape index (κ3) is 8.26. The standard InChI is InChI=1S/C11H20O5/c1-4-16-11(12)10(2)9-15-8-7-14-6-5-13-3/h9H,4-8H2,1-3H3. The largest absolute Gasteiger partial charge is 0.498 e. The van der Waals surface area contributed by atoms with Crippen molar-refractivity contribution in [1.29, 1.82) is 0 Å². The van der Waals surface area contributed by atoms with Crippen LogP contribution in [-0.4, -0.2) is 46.1 Å². The minimum Gasteiger partial charge on any atom is -0.498 e. The lowest BCUT2D eigenvalue weighted by molar-refractivity contribution is -0.138. The van der Waals surface area contributed by atoms with Gasteiger partial charge in [0, 0.05) is 7.11 Å². The highest BCUT2D eigenvalue weighted by Crippen LogP contribution is 1.96. The van der Waals surface area contributed by atoms with E-state index in [0.717, 1.165) is 0 Å². The zero-order valence-electron chi connectivity index (χ0n) is 10.2. The Bertz CT molecular complexity index is 212. The highest BCUT2D eigenvalue weighted by atomic mass is 16.5. The molecule has 0 radical (unpaired) electrons. The van der Waals surface area contributed by atoms with Crippen molar-refractivity contribution >= 4 is 5.97 Å². The van der Waals surface area contributed by atoms with Crippen LogP contribution in [0.4, 0.5) is 0 Å². The molecule has 0 aliphatic carbocycles. The van der Waals surface area contributed by atoms with E-state index in [2.05, 4.69) is 0 Å². The maximum atomic E-state index is 11.1. The first-order chi connectivity index (χ1) is 7.72.